The molecular weight excluding hydrogens is 507 g/mol. The predicted octanol–water partition coefficient (Wildman–Crippen LogP) is 5.28. The Morgan fingerprint density at radius 1 is 0.950 bits per heavy atom. The van der Waals surface area contributed by atoms with Crippen molar-refractivity contribution in [3.05, 3.63) is 102 Å². The number of para-hydroxylation sites is 1. The summed E-state index contributed by atoms with van der Waals surface area (Å²) in [5.41, 5.74) is 4.53. The van der Waals surface area contributed by atoms with E-state index in [4.69, 9.17) is 0 Å². The Kier molecular flexibility index (Phi) is 6.77. The summed E-state index contributed by atoms with van der Waals surface area (Å²) in [6.07, 6.45) is 5.04. The highest BCUT2D eigenvalue weighted by Gasteiger charge is 2.34. The van der Waals surface area contributed by atoms with Crippen molar-refractivity contribution in [2.24, 2.45) is 0 Å². The first-order valence-corrected chi connectivity index (χ1v) is 13.3. The molecule has 0 radical (unpaired) electrons. The van der Waals surface area contributed by atoms with Crippen molar-refractivity contribution in [2.45, 2.75) is 31.3 Å². The Labute approximate surface area is 231 Å². The number of nitrogens with one attached hydrogen (secondary N) is 1. The third-order valence-corrected chi connectivity index (χ3v) is 7.69. The Hall–Kier alpha value is -4.56. The fourth-order valence-corrected chi connectivity index (χ4v) is 5.37. The van der Waals surface area contributed by atoms with E-state index in [-0.39, 0.29) is 23.9 Å². The largest absolute Gasteiger partial charge is 0.507 e. The van der Waals surface area contributed by atoms with Crippen LogP contribution in [0.15, 0.2) is 85.2 Å². The van der Waals surface area contributed by atoms with Crippen LogP contribution in [-0.4, -0.2) is 54.7 Å². The van der Waals surface area contributed by atoms with Gasteiger partial charge in [0.05, 0.1) is 34.8 Å². The van der Waals surface area contributed by atoms with Crippen LogP contribution in [0.2, 0.25) is 0 Å². The Balaban J connectivity index is 1.10. The van der Waals surface area contributed by atoms with E-state index in [1.807, 2.05) is 48.5 Å². The molecular formula is C32H29FN4O3. The molecule has 3 N–H and O–H groups in total. The second-order valence-corrected chi connectivity index (χ2v) is 10.5. The lowest BCUT2D eigenvalue weighted by Crippen LogP contribution is -2.48. The molecule has 5 aromatic rings. The van der Waals surface area contributed by atoms with Crippen molar-refractivity contribution in [1.29, 1.82) is 0 Å². The van der Waals surface area contributed by atoms with Gasteiger partial charge in [-0.2, -0.15) is 0 Å². The van der Waals surface area contributed by atoms with Crippen LogP contribution < -0.4 is 0 Å². The summed E-state index contributed by atoms with van der Waals surface area (Å²) in [5, 5.41) is 22.1. The number of phenolic OH excluding ortho intramolecular Hbond substituents is 1. The molecule has 1 aliphatic heterocycles. The molecule has 40 heavy (non-hydrogen) atoms. The highest BCUT2D eigenvalue weighted by Crippen LogP contribution is 2.37. The van der Waals surface area contributed by atoms with Gasteiger partial charge in [-0.25, -0.2) is 9.37 Å². The first kappa shape index (κ1) is 25.7. The molecule has 1 amide bonds. The van der Waals surface area contributed by atoms with Gasteiger partial charge in [0, 0.05) is 31.3 Å². The second kappa shape index (κ2) is 10.5. The van der Waals surface area contributed by atoms with Crippen molar-refractivity contribution in [2.75, 3.05) is 13.1 Å². The molecule has 202 valence electrons. The van der Waals surface area contributed by atoms with E-state index in [9.17, 15) is 19.4 Å². The molecule has 1 saturated heterocycles. The molecule has 0 aliphatic carbocycles. The van der Waals surface area contributed by atoms with Crippen LogP contribution in [0.25, 0.3) is 33.5 Å². The summed E-state index contributed by atoms with van der Waals surface area (Å²) >= 11 is 0. The first-order valence-electron chi connectivity index (χ1n) is 13.3. The zero-order chi connectivity index (χ0) is 27.7. The predicted molar refractivity (Wildman–Crippen MR) is 151 cm³/mol. The number of halogens is 1. The summed E-state index contributed by atoms with van der Waals surface area (Å²) in [7, 11) is 0. The van der Waals surface area contributed by atoms with Gasteiger partial charge in [0.15, 0.2) is 0 Å². The number of aromatic amines is 1. The maximum atomic E-state index is 13.2. The number of hydrogen-bond acceptors (Lipinski definition) is 5. The van der Waals surface area contributed by atoms with Crippen LogP contribution in [-0.2, 0) is 17.6 Å². The van der Waals surface area contributed by atoms with Gasteiger partial charge in [0.1, 0.15) is 17.4 Å². The summed E-state index contributed by atoms with van der Waals surface area (Å²) in [6, 6.07) is 21.2. The number of carbonyl (C=O) groups is 1. The highest BCUT2D eigenvalue weighted by atomic mass is 19.1. The van der Waals surface area contributed by atoms with Crippen molar-refractivity contribution in [1.82, 2.24) is 19.9 Å². The standard InChI is InChI=1S/C32H29FN4O3/c33-24-10-6-22(7-11-24)19-32(40)13-16-37(17-14-32)29(38)18-21-4-8-23(9-5-21)25-2-1-3-26(30(25)39)31-35-27-12-15-34-20-28(27)36-31/h1-12,15,20,39-40H,13-14,16-19H2,(H,35,36). The summed E-state index contributed by atoms with van der Waals surface area (Å²) in [4.78, 5) is 26.7. The molecule has 6 rings (SSSR count). The molecule has 8 heteroatoms. The van der Waals surface area contributed by atoms with Crippen LogP contribution in [0, 0.1) is 5.82 Å². The number of carbonyl (C=O) groups excluding carboxylic acids is 1. The lowest BCUT2D eigenvalue weighted by molar-refractivity contribution is -0.134. The maximum Gasteiger partial charge on any atom is 0.226 e. The number of imidazole rings is 1. The van der Waals surface area contributed by atoms with Crippen LogP contribution in [0.1, 0.15) is 24.0 Å². The van der Waals surface area contributed by atoms with Crippen LogP contribution in [0.5, 0.6) is 5.75 Å². The quantitative estimate of drug-likeness (QED) is 0.274. The van der Waals surface area contributed by atoms with E-state index in [0.29, 0.717) is 49.3 Å². The van der Waals surface area contributed by atoms with Gasteiger partial charge in [-0.15, -0.1) is 0 Å². The SMILES string of the molecule is O=C(Cc1ccc(-c2cccc(-c3nc4ccncc4[nH]3)c2O)cc1)N1CCC(O)(Cc2ccc(F)cc2)CC1. The number of likely N-dealkylation sites (tertiary alicyclic amines) is 1. The Bertz CT molecular complexity index is 1620. The van der Waals surface area contributed by atoms with E-state index in [2.05, 4.69) is 15.0 Å². The van der Waals surface area contributed by atoms with Crippen molar-refractivity contribution >= 4 is 16.9 Å². The average molecular weight is 537 g/mol. The number of rotatable bonds is 6. The van der Waals surface area contributed by atoms with E-state index in [0.717, 1.165) is 27.7 Å². The zero-order valence-corrected chi connectivity index (χ0v) is 21.8. The normalized spacial score (nSPS) is 14.9. The number of phenols is 1. The lowest BCUT2D eigenvalue weighted by Gasteiger charge is -2.38. The number of H-pyrrole nitrogens is 1. The Morgan fingerprint density at radius 3 is 2.38 bits per heavy atom. The van der Waals surface area contributed by atoms with Gasteiger partial charge < -0.3 is 20.1 Å². The van der Waals surface area contributed by atoms with E-state index >= 15 is 0 Å². The number of amides is 1. The first-order chi connectivity index (χ1) is 19.4. The molecule has 1 fully saturated rings. The molecule has 3 heterocycles. The smallest absolute Gasteiger partial charge is 0.226 e. The number of piperidine rings is 1. The third-order valence-electron chi connectivity index (χ3n) is 7.69. The molecule has 0 bridgehead atoms. The number of pyridine rings is 1. The molecule has 0 spiro atoms. The summed E-state index contributed by atoms with van der Waals surface area (Å²) in [6.45, 7) is 0.959. The zero-order valence-electron chi connectivity index (χ0n) is 21.8. The molecule has 0 unspecified atom stereocenters. The molecule has 0 saturated carbocycles. The molecule has 2 aromatic heterocycles. The number of fused-ring (bicyclic) bond motifs is 1. The van der Waals surface area contributed by atoms with Crippen molar-refractivity contribution < 1.29 is 19.4 Å². The summed E-state index contributed by atoms with van der Waals surface area (Å²) < 4.78 is 13.2. The van der Waals surface area contributed by atoms with E-state index in [1.54, 1.807) is 29.4 Å². The average Bonchev–Trinajstić information content (AvgIpc) is 3.39. The van der Waals surface area contributed by atoms with Crippen molar-refractivity contribution in [3.63, 3.8) is 0 Å². The topological polar surface area (TPSA) is 102 Å². The minimum Gasteiger partial charge on any atom is -0.507 e. The molecule has 3 aromatic carbocycles. The maximum absolute atomic E-state index is 13.2. The Morgan fingerprint density at radius 2 is 1.65 bits per heavy atom. The van der Waals surface area contributed by atoms with E-state index in [1.165, 1.54) is 12.1 Å². The number of nitrogens with zero attached hydrogens (tertiary/aromatic N) is 3. The van der Waals surface area contributed by atoms with Crippen LogP contribution in [0.4, 0.5) is 4.39 Å². The second-order valence-electron chi connectivity index (χ2n) is 10.5. The minimum absolute atomic E-state index is 0.0146. The highest BCUT2D eigenvalue weighted by molar-refractivity contribution is 5.84. The van der Waals surface area contributed by atoms with Gasteiger partial charge >= 0.3 is 0 Å². The number of aliphatic hydroxyl groups is 1. The van der Waals surface area contributed by atoms with Crippen molar-refractivity contribution in [3.8, 4) is 28.3 Å². The van der Waals surface area contributed by atoms with Gasteiger partial charge in [0.2, 0.25) is 5.91 Å². The molecule has 0 atom stereocenters. The molecule has 7 nitrogen and oxygen atoms in total. The number of hydrogen-bond donors (Lipinski definition) is 3. The van der Waals surface area contributed by atoms with Gasteiger partial charge in [0.25, 0.3) is 0 Å². The lowest BCUT2D eigenvalue weighted by atomic mass is 9.85. The number of aromatic hydroxyl groups is 1. The number of aromatic nitrogens is 3. The van der Waals surface area contributed by atoms with Crippen LogP contribution in [0.3, 0.4) is 0 Å². The fourth-order valence-electron chi connectivity index (χ4n) is 5.37. The van der Waals surface area contributed by atoms with Crippen LogP contribution >= 0.6 is 0 Å². The number of benzene rings is 3. The fraction of sp³-hybridized carbons (Fsp3) is 0.219. The third kappa shape index (κ3) is 5.31. The van der Waals surface area contributed by atoms with Gasteiger partial charge in [-0.05, 0) is 53.8 Å². The van der Waals surface area contributed by atoms with E-state index < -0.39 is 5.60 Å². The monoisotopic (exact) mass is 536 g/mol. The van der Waals surface area contributed by atoms with Gasteiger partial charge in [-0.1, -0.05) is 48.5 Å². The summed E-state index contributed by atoms with van der Waals surface area (Å²) in [5.74, 6) is 0.409. The minimum atomic E-state index is -0.897. The molecule has 1 aliphatic rings. The van der Waals surface area contributed by atoms with Gasteiger partial charge in [-0.3, -0.25) is 9.78 Å².